The highest BCUT2D eigenvalue weighted by Gasteiger charge is 2.40. The first-order valence-electron chi connectivity index (χ1n) is 9.08. The molecule has 1 fully saturated rings. The molecular weight excluding hydrogens is 395 g/mol. The van der Waals surface area contributed by atoms with Gasteiger partial charge in [0, 0.05) is 12.5 Å². The lowest BCUT2D eigenvalue weighted by atomic mass is 9.79. The first-order valence-corrected chi connectivity index (χ1v) is 12.0. The topological polar surface area (TPSA) is 111 Å². The van der Waals surface area contributed by atoms with E-state index in [1.165, 1.54) is 0 Å². The minimum atomic E-state index is -5.08. The number of rotatable bonds is 5. The molecule has 0 bridgehead atoms. The zero-order valence-corrected chi connectivity index (χ0v) is 18.1. The van der Waals surface area contributed by atoms with Gasteiger partial charge in [0.25, 0.3) is 0 Å². The van der Waals surface area contributed by atoms with Gasteiger partial charge in [-0.2, -0.15) is 13.2 Å². The molecule has 162 valence electrons. The molecule has 1 aliphatic carbocycles. The molecule has 0 amide bonds. The van der Waals surface area contributed by atoms with E-state index in [4.69, 9.17) is 24.5 Å². The van der Waals surface area contributed by atoms with Gasteiger partial charge < -0.3 is 19.7 Å². The second-order valence-electron chi connectivity index (χ2n) is 8.66. The van der Waals surface area contributed by atoms with E-state index in [0.29, 0.717) is 23.7 Å². The Hall–Kier alpha value is -1.46. The smallest absolute Gasteiger partial charge is 0.475 e. The summed E-state index contributed by atoms with van der Waals surface area (Å²) in [6, 6.07) is 0.359. The van der Waals surface area contributed by atoms with Crippen LogP contribution in [-0.4, -0.2) is 41.8 Å². The predicted octanol–water partition coefficient (Wildman–Crippen LogP) is 4.07. The molecule has 0 aromatic carbocycles. The standard InChI is InChI=1S/C15H29N3O2Si.C2HF3O2/c1-10(20-21(5,6)15(2,3)4)14-18-17-13(19-14)9-11-7-12(16)8-11;3-2(4,5)1(6)7/h10-12H,7-9,16H2,1-6H3;(H,6,7)/t10-,11-,12-;/m1./s1. The van der Waals surface area contributed by atoms with Crippen molar-refractivity contribution in [2.24, 2.45) is 11.7 Å². The van der Waals surface area contributed by atoms with Crippen LogP contribution in [0, 0.1) is 5.92 Å². The predicted molar refractivity (Wildman–Crippen MR) is 99.1 cm³/mol. The van der Waals surface area contributed by atoms with Crippen molar-refractivity contribution in [3.8, 4) is 0 Å². The summed E-state index contributed by atoms with van der Waals surface area (Å²) in [5.41, 5.74) is 5.80. The number of carbonyl (C=O) groups is 1. The van der Waals surface area contributed by atoms with Gasteiger partial charge in [0.05, 0.1) is 0 Å². The van der Waals surface area contributed by atoms with E-state index in [-0.39, 0.29) is 11.1 Å². The van der Waals surface area contributed by atoms with Crippen molar-refractivity contribution in [1.82, 2.24) is 10.2 Å². The van der Waals surface area contributed by atoms with Crippen LogP contribution in [0.1, 0.15) is 58.4 Å². The number of nitrogens with two attached hydrogens (primary N) is 1. The quantitative estimate of drug-likeness (QED) is 0.684. The van der Waals surface area contributed by atoms with Gasteiger partial charge in [-0.25, -0.2) is 4.79 Å². The minimum Gasteiger partial charge on any atom is -0.475 e. The Morgan fingerprint density at radius 2 is 1.82 bits per heavy atom. The SMILES string of the molecule is C[C@@H](O[Si](C)(C)C(C)(C)C)c1nnc(C[C@H]2C[C@H](N)C2)o1.O=C(O)C(F)(F)F. The molecule has 1 aromatic heterocycles. The average Bonchev–Trinajstić information content (AvgIpc) is 2.92. The van der Waals surface area contributed by atoms with E-state index in [9.17, 15) is 13.2 Å². The maximum Gasteiger partial charge on any atom is 0.490 e. The second kappa shape index (κ2) is 8.91. The van der Waals surface area contributed by atoms with E-state index in [1.807, 2.05) is 6.92 Å². The molecule has 1 saturated carbocycles. The van der Waals surface area contributed by atoms with Crippen molar-refractivity contribution in [3.05, 3.63) is 11.8 Å². The van der Waals surface area contributed by atoms with E-state index >= 15 is 0 Å². The number of hydrogen-bond acceptors (Lipinski definition) is 6. The Balaban J connectivity index is 0.000000480. The van der Waals surface area contributed by atoms with E-state index in [0.717, 1.165) is 19.3 Å². The van der Waals surface area contributed by atoms with Gasteiger partial charge in [0.15, 0.2) is 8.32 Å². The number of alkyl halides is 3. The van der Waals surface area contributed by atoms with Crippen molar-refractivity contribution < 1.29 is 31.9 Å². The minimum absolute atomic E-state index is 0.143. The van der Waals surface area contributed by atoms with Crippen molar-refractivity contribution in [1.29, 1.82) is 0 Å². The summed E-state index contributed by atoms with van der Waals surface area (Å²) >= 11 is 0. The molecular formula is C17H30F3N3O4Si. The summed E-state index contributed by atoms with van der Waals surface area (Å²) in [6.45, 7) is 13.1. The van der Waals surface area contributed by atoms with Crippen LogP contribution in [0.25, 0.3) is 0 Å². The number of carboxylic acid groups (broad SMARTS) is 1. The monoisotopic (exact) mass is 425 g/mol. The Morgan fingerprint density at radius 1 is 1.32 bits per heavy atom. The summed E-state index contributed by atoms with van der Waals surface area (Å²) in [5, 5.41) is 15.6. The van der Waals surface area contributed by atoms with Crippen LogP contribution in [0.2, 0.25) is 18.1 Å². The Morgan fingerprint density at radius 3 is 2.21 bits per heavy atom. The van der Waals surface area contributed by atoms with Crippen LogP contribution in [0.3, 0.4) is 0 Å². The molecule has 3 N–H and O–H groups in total. The lowest BCUT2D eigenvalue weighted by Crippen LogP contribution is -2.41. The van der Waals surface area contributed by atoms with Crippen LogP contribution >= 0.6 is 0 Å². The molecule has 0 radical (unpaired) electrons. The Kier molecular flexibility index (Phi) is 7.82. The number of hydrogen-bond donors (Lipinski definition) is 2. The summed E-state index contributed by atoms with van der Waals surface area (Å²) < 4.78 is 43.8. The van der Waals surface area contributed by atoms with Crippen molar-refractivity contribution in [3.63, 3.8) is 0 Å². The van der Waals surface area contributed by atoms with Crippen LogP contribution in [0.4, 0.5) is 13.2 Å². The van der Waals surface area contributed by atoms with Crippen LogP contribution in [-0.2, 0) is 15.6 Å². The number of carboxylic acids is 1. The largest absolute Gasteiger partial charge is 0.490 e. The van der Waals surface area contributed by atoms with Gasteiger partial charge in [-0.3, -0.25) is 0 Å². The number of halogens is 3. The van der Waals surface area contributed by atoms with E-state index < -0.39 is 20.5 Å². The Bertz CT molecular complexity index is 653. The van der Waals surface area contributed by atoms with E-state index in [1.54, 1.807) is 0 Å². The third-order valence-corrected chi connectivity index (χ3v) is 9.64. The molecule has 0 aliphatic heterocycles. The average molecular weight is 426 g/mol. The summed E-state index contributed by atoms with van der Waals surface area (Å²) in [7, 11) is -1.82. The normalized spacial score (nSPS) is 21.4. The molecule has 0 saturated heterocycles. The highest BCUT2D eigenvalue weighted by atomic mass is 28.4. The molecule has 1 aliphatic rings. The van der Waals surface area contributed by atoms with Gasteiger partial charge in [-0.05, 0) is 43.8 Å². The molecule has 1 atom stereocenters. The van der Waals surface area contributed by atoms with Gasteiger partial charge in [0.1, 0.15) is 6.10 Å². The first-order chi connectivity index (χ1) is 12.5. The molecule has 1 aromatic rings. The Labute approximate surface area is 164 Å². The van der Waals surface area contributed by atoms with Crippen LogP contribution in [0.5, 0.6) is 0 Å². The third-order valence-electron chi connectivity index (χ3n) is 5.09. The van der Waals surface area contributed by atoms with Gasteiger partial charge in [0.2, 0.25) is 11.8 Å². The highest BCUT2D eigenvalue weighted by molar-refractivity contribution is 6.74. The van der Waals surface area contributed by atoms with Crippen LogP contribution < -0.4 is 5.73 Å². The fourth-order valence-corrected chi connectivity index (χ4v) is 3.72. The molecule has 0 unspecified atom stereocenters. The summed E-state index contributed by atoms with van der Waals surface area (Å²) in [4.78, 5) is 8.90. The summed E-state index contributed by atoms with van der Waals surface area (Å²) in [5.74, 6) is -0.844. The molecule has 1 heterocycles. The second-order valence-corrected chi connectivity index (χ2v) is 13.4. The lowest BCUT2D eigenvalue weighted by Gasteiger charge is -2.37. The van der Waals surface area contributed by atoms with Gasteiger partial charge >= 0.3 is 12.1 Å². The maximum atomic E-state index is 10.6. The van der Waals surface area contributed by atoms with Crippen molar-refractivity contribution in [2.45, 2.75) is 83.4 Å². The van der Waals surface area contributed by atoms with E-state index in [2.05, 4.69) is 44.1 Å². The molecule has 11 heteroatoms. The number of aliphatic carboxylic acids is 1. The van der Waals surface area contributed by atoms with Gasteiger partial charge in [-0.1, -0.05) is 20.8 Å². The maximum absolute atomic E-state index is 10.6. The highest BCUT2D eigenvalue weighted by Crippen LogP contribution is 2.39. The first kappa shape index (κ1) is 24.6. The molecule has 0 spiro atoms. The zero-order chi connectivity index (χ0) is 21.9. The molecule has 7 nitrogen and oxygen atoms in total. The van der Waals surface area contributed by atoms with Crippen LogP contribution in [0.15, 0.2) is 4.42 Å². The fourth-order valence-electron chi connectivity index (χ4n) is 2.38. The number of nitrogens with zero attached hydrogens (tertiary/aromatic N) is 2. The van der Waals surface area contributed by atoms with Crippen molar-refractivity contribution in [2.75, 3.05) is 0 Å². The lowest BCUT2D eigenvalue weighted by molar-refractivity contribution is -0.192. The third kappa shape index (κ3) is 7.17. The van der Waals surface area contributed by atoms with Crippen molar-refractivity contribution >= 4 is 14.3 Å². The zero-order valence-electron chi connectivity index (χ0n) is 17.1. The van der Waals surface area contributed by atoms with Gasteiger partial charge in [-0.15, -0.1) is 10.2 Å². The summed E-state index contributed by atoms with van der Waals surface area (Å²) in [6.07, 6.45) is -2.26. The number of aromatic nitrogens is 2. The fraction of sp³-hybridized carbons (Fsp3) is 0.824. The molecule has 28 heavy (non-hydrogen) atoms. The molecule has 2 rings (SSSR count).